The van der Waals surface area contributed by atoms with Crippen LogP contribution in [0.4, 0.5) is 0 Å². The molecule has 3 nitrogen and oxygen atoms in total. The average Bonchev–Trinajstić information content (AvgIpc) is 2.42. The van der Waals surface area contributed by atoms with E-state index in [4.69, 9.17) is 4.74 Å². The van der Waals surface area contributed by atoms with Gasteiger partial charge in [-0.3, -0.25) is 4.90 Å². The topological polar surface area (TPSA) is 24.5 Å². The number of benzene rings is 1. The highest BCUT2D eigenvalue weighted by molar-refractivity contribution is 5.22. The maximum absolute atomic E-state index is 5.37. The summed E-state index contributed by atoms with van der Waals surface area (Å²) in [5, 5.41) is 3.48. The van der Waals surface area contributed by atoms with E-state index in [1.165, 1.54) is 11.1 Å². The van der Waals surface area contributed by atoms with Crippen LogP contribution >= 0.6 is 0 Å². The second-order valence-electron chi connectivity index (χ2n) is 5.73. The number of nitrogens with one attached hydrogen (secondary N) is 1. The second kappa shape index (κ2) is 7.63. The van der Waals surface area contributed by atoms with Gasteiger partial charge < -0.3 is 10.1 Å². The van der Waals surface area contributed by atoms with Gasteiger partial charge in [-0.15, -0.1) is 0 Å². The molecule has 1 N–H and O–H groups in total. The molecule has 0 aliphatic carbocycles. The zero-order valence-corrected chi connectivity index (χ0v) is 12.2. The number of rotatable bonds is 6. The fourth-order valence-corrected chi connectivity index (χ4v) is 2.29. The van der Waals surface area contributed by atoms with Gasteiger partial charge in [0.1, 0.15) is 0 Å². The van der Waals surface area contributed by atoms with E-state index in [0.29, 0.717) is 5.92 Å². The first-order chi connectivity index (χ1) is 9.24. The quantitative estimate of drug-likeness (QED) is 0.851. The zero-order chi connectivity index (χ0) is 13.5. The summed E-state index contributed by atoms with van der Waals surface area (Å²) < 4.78 is 5.37. The molecule has 1 aromatic rings. The lowest BCUT2D eigenvalue weighted by atomic mass is 10.1. The molecule has 0 bridgehead atoms. The molecule has 0 radical (unpaired) electrons. The molecule has 19 heavy (non-hydrogen) atoms. The molecule has 1 fully saturated rings. The van der Waals surface area contributed by atoms with E-state index >= 15 is 0 Å². The highest BCUT2D eigenvalue weighted by Crippen LogP contribution is 2.09. The number of morpholine rings is 1. The van der Waals surface area contributed by atoms with Gasteiger partial charge in [0.25, 0.3) is 0 Å². The Morgan fingerprint density at radius 1 is 1.11 bits per heavy atom. The van der Waals surface area contributed by atoms with Gasteiger partial charge in [0.2, 0.25) is 0 Å². The van der Waals surface area contributed by atoms with Crippen molar-refractivity contribution in [3.8, 4) is 0 Å². The molecule has 0 atom stereocenters. The Labute approximate surface area is 116 Å². The molecule has 3 heteroatoms. The summed E-state index contributed by atoms with van der Waals surface area (Å²) in [4.78, 5) is 2.45. The van der Waals surface area contributed by atoms with Crippen molar-refractivity contribution in [1.82, 2.24) is 10.2 Å². The SMILES string of the molecule is CC(C)CNCc1ccc(CN2CCOCC2)cc1. The molecule has 2 rings (SSSR count). The smallest absolute Gasteiger partial charge is 0.0594 e. The van der Waals surface area contributed by atoms with Crippen LogP contribution in [0.25, 0.3) is 0 Å². The monoisotopic (exact) mass is 262 g/mol. The van der Waals surface area contributed by atoms with Crippen LogP contribution in [0.2, 0.25) is 0 Å². The molecule has 106 valence electrons. The summed E-state index contributed by atoms with van der Waals surface area (Å²) in [6.07, 6.45) is 0. The van der Waals surface area contributed by atoms with Crippen LogP contribution in [0.5, 0.6) is 0 Å². The standard InChI is InChI=1S/C16H26N2O/c1-14(2)11-17-12-15-3-5-16(6-4-15)13-18-7-9-19-10-8-18/h3-6,14,17H,7-13H2,1-2H3. The molecule has 1 saturated heterocycles. The van der Waals surface area contributed by atoms with Crippen molar-refractivity contribution >= 4 is 0 Å². The maximum Gasteiger partial charge on any atom is 0.0594 e. The number of nitrogens with zero attached hydrogens (tertiary/aromatic N) is 1. The third-order valence-electron chi connectivity index (χ3n) is 3.41. The highest BCUT2D eigenvalue weighted by atomic mass is 16.5. The lowest BCUT2D eigenvalue weighted by Gasteiger charge is -2.26. The molecular weight excluding hydrogens is 236 g/mol. The molecular formula is C16H26N2O. The van der Waals surface area contributed by atoms with Crippen LogP contribution in [0, 0.1) is 5.92 Å². The van der Waals surface area contributed by atoms with E-state index in [9.17, 15) is 0 Å². The van der Waals surface area contributed by atoms with Gasteiger partial charge in [0.15, 0.2) is 0 Å². The number of hydrogen-bond acceptors (Lipinski definition) is 3. The van der Waals surface area contributed by atoms with Gasteiger partial charge in [-0.2, -0.15) is 0 Å². The Balaban J connectivity index is 1.77. The van der Waals surface area contributed by atoms with Crippen molar-refractivity contribution in [2.24, 2.45) is 5.92 Å². The largest absolute Gasteiger partial charge is 0.379 e. The Hall–Kier alpha value is -0.900. The Kier molecular flexibility index (Phi) is 5.83. The molecule has 0 spiro atoms. The van der Waals surface area contributed by atoms with Crippen molar-refractivity contribution in [3.05, 3.63) is 35.4 Å². The molecule has 1 heterocycles. The fraction of sp³-hybridized carbons (Fsp3) is 0.625. The Morgan fingerprint density at radius 3 is 2.37 bits per heavy atom. The molecule has 1 aromatic carbocycles. The second-order valence-corrected chi connectivity index (χ2v) is 5.73. The Bertz CT molecular complexity index is 356. The van der Waals surface area contributed by atoms with E-state index in [0.717, 1.165) is 45.9 Å². The van der Waals surface area contributed by atoms with Gasteiger partial charge in [-0.25, -0.2) is 0 Å². The van der Waals surface area contributed by atoms with Gasteiger partial charge in [0.05, 0.1) is 13.2 Å². The van der Waals surface area contributed by atoms with Crippen molar-refractivity contribution in [2.75, 3.05) is 32.8 Å². The van der Waals surface area contributed by atoms with Crippen molar-refractivity contribution in [3.63, 3.8) is 0 Å². The van der Waals surface area contributed by atoms with Gasteiger partial charge >= 0.3 is 0 Å². The molecule has 0 amide bonds. The Morgan fingerprint density at radius 2 is 1.74 bits per heavy atom. The first-order valence-electron chi connectivity index (χ1n) is 7.32. The summed E-state index contributed by atoms with van der Waals surface area (Å²) >= 11 is 0. The fourth-order valence-electron chi connectivity index (χ4n) is 2.29. The molecule has 0 saturated carbocycles. The van der Waals surface area contributed by atoms with Gasteiger partial charge in [-0.05, 0) is 23.6 Å². The van der Waals surface area contributed by atoms with Crippen LogP contribution in [-0.4, -0.2) is 37.7 Å². The number of hydrogen-bond donors (Lipinski definition) is 1. The number of ether oxygens (including phenoxy) is 1. The maximum atomic E-state index is 5.37. The molecule has 1 aliphatic rings. The van der Waals surface area contributed by atoms with Crippen molar-refractivity contribution in [2.45, 2.75) is 26.9 Å². The molecule has 1 aliphatic heterocycles. The van der Waals surface area contributed by atoms with Gasteiger partial charge in [0, 0.05) is 26.2 Å². The normalized spacial score (nSPS) is 17.0. The van der Waals surface area contributed by atoms with E-state index in [-0.39, 0.29) is 0 Å². The van der Waals surface area contributed by atoms with Crippen LogP contribution in [0.15, 0.2) is 24.3 Å². The summed E-state index contributed by atoms with van der Waals surface area (Å²) in [6, 6.07) is 8.98. The van der Waals surface area contributed by atoms with Crippen LogP contribution in [-0.2, 0) is 17.8 Å². The van der Waals surface area contributed by atoms with E-state index in [2.05, 4.69) is 48.3 Å². The predicted molar refractivity (Wildman–Crippen MR) is 79.1 cm³/mol. The summed E-state index contributed by atoms with van der Waals surface area (Å²) in [5.41, 5.74) is 2.76. The minimum absolute atomic E-state index is 0.709. The van der Waals surface area contributed by atoms with E-state index < -0.39 is 0 Å². The third-order valence-corrected chi connectivity index (χ3v) is 3.41. The average molecular weight is 262 g/mol. The highest BCUT2D eigenvalue weighted by Gasteiger charge is 2.10. The summed E-state index contributed by atoms with van der Waals surface area (Å²) in [5.74, 6) is 0.709. The lowest BCUT2D eigenvalue weighted by molar-refractivity contribution is 0.0342. The first-order valence-corrected chi connectivity index (χ1v) is 7.32. The van der Waals surface area contributed by atoms with Gasteiger partial charge in [-0.1, -0.05) is 38.1 Å². The first kappa shape index (κ1) is 14.5. The minimum Gasteiger partial charge on any atom is -0.379 e. The third kappa shape index (κ3) is 5.31. The van der Waals surface area contributed by atoms with Crippen LogP contribution < -0.4 is 5.32 Å². The van der Waals surface area contributed by atoms with Crippen molar-refractivity contribution in [1.29, 1.82) is 0 Å². The molecule has 0 unspecified atom stereocenters. The summed E-state index contributed by atoms with van der Waals surface area (Å²) in [7, 11) is 0. The predicted octanol–water partition coefficient (Wildman–Crippen LogP) is 2.26. The lowest BCUT2D eigenvalue weighted by Crippen LogP contribution is -2.35. The zero-order valence-electron chi connectivity index (χ0n) is 12.2. The molecule has 0 aromatic heterocycles. The minimum atomic E-state index is 0.709. The van der Waals surface area contributed by atoms with E-state index in [1.807, 2.05) is 0 Å². The van der Waals surface area contributed by atoms with Crippen LogP contribution in [0.1, 0.15) is 25.0 Å². The summed E-state index contributed by atoms with van der Waals surface area (Å²) in [6.45, 7) is 11.4. The van der Waals surface area contributed by atoms with Crippen LogP contribution in [0.3, 0.4) is 0 Å². The van der Waals surface area contributed by atoms with Crippen molar-refractivity contribution < 1.29 is 4.74 Å². The van der Waals surface area contributed by atoms with E-state index in [1.54, 1.807) is 0 Å².